The second-order valence-electron chi connectivity index (χ2n) is 3.92. The van der Waals surface area contributed by atoms with Crippen molar-refractivity contribution in [1.29, 1.82) is 0 Å². The van der Waals surface area contributed by atoms with Gasteiger partial charge >= 0.3 is 0 Å². The van der Waals surface area contributed by atoms with Gasteiger partial charge in [-0.2, -0.15) is 0 Å². The van der Waals surface area contributed by atoms with Gasteiger partial charge in [-0.15, -0.1) is 0 Å². The van der Waals surface area contributed by atoms with E-state index in [-0.39, 0.29) is 0 Å². The van der Waals surface area contributed by atoms with Gasteiger partial charge in [0, 0.05) is 23.8 Å². The minimum Gasteiger partial charge on any atom is -0.384 e. The summed E-state index contributed by atoms with van der Waals surface area (Å²) in [4.78, 5) is 0. The number of rotatable bonds is 5. The van der Waals surface area contributed by atoms with Crippen molar-refractivity contribution in [2.24, 2.45) is 5.92 Å². The standard InChI is InChI=1S/C12H18BrNO/c1-9-4-5-11(13)12(6-9)14-7-10(2)8-15-3/h4-6,10,14H,7-8H2,1-3H3. The highest BCUT2D eigenvalue weighted by Gasteiger charge is 2.03. The van der Waals surface area contributed by atoms with Crippen LogP contribution in [0.3, 0.4) is 0 Å². The third-order valence-electron chi connectivity index (χ3n) is 2.21. The molecular weight excluding hydrogens is 254 g/mol. The molecule has 1 aromatic rings. The first-order chi connectivity index (χ1) is 7.13. The van der Waals surface area contributed by atoms with Gasteiger partial charge in [-0.3, -0.25) is 0 Å². The van der Waals surface area contributed by atoms with Crippen molar-refractivity contribution in [2.45, 2.75) is 13.8 Å². The van der Waals surface area contributed by atoms with E-state index < -0.39 is 0 Å². The molecule has 1 N–H and O–H groups in total. The smallest absolute Gasteiger partial charge is 0.0504 e. The molecule has 1 atom stereocenters. The van der Waals surface area contributed by atoms with Crippen LogP contribution in [0, 0.1) is 12.8 Å². The molecule has 2 nitrogen and oxygen atoms in total. The molecular formula is C12H18BrNO. The van der Waals surface area contributed by atoms with Gasteiger partial charge in [0.1, 0.15) is 0 Å². The Morgan fingerprint density at radius 3 is 2.87 bits per heavy atom. The number of halogens is 1. The maximum absolute atomic E-state index is 5.09. The van der Waals surface area contributed by atoms with Crippen LogP contribution in [-0.4, -0.2) is 20.3 Å². The van der Waals surface area contributed by atoms with Crippen LogP contribution >= 0.6 is 15.9 Å². The van der Waals surface area contributed by atoms with Crippen LogP contribution in [0.2, 0.25) is 0 Å². The average molecular weight is 272 g/mol. The second-order valence-corrected chi connectivity index (χ2v) is 4.78. The van der Waals surface area contributed by atoms with E-state index in [1.165, 1.54) is 5.56 Å². The second kappa shape index (κ2) is 6.13. The van der Waals surface area contributed by atoms with E-state index in [0.717, 1.165) is 23.3 Å². The van der Waals surface area contributed by atoms with Gasteiger partial charge in [0.05, 0.1) is 6.61 Å². The van der Waals surface area contributed by atoms with E-state index in [9.17, 15) is 0 Å². The van der Waals surface area contributed by atoms with Crippen molar-refractivity contribution in [3.8, 4) is 0 Å². The molecule has 0 aliphatic carbocycles. The summed E-state index contributed by atoms with van der Waals surface area (Å²) in [6.45, 7) is 5.97. The van der Waals surface area contributed by atoms with Crippen molar-refractivity contribution < 1.29 is 4.74 Å². The zero-order valence-corrected chi connectivity index (χ0v) is 11.1. The Balaban J connectivity index is 2.53. The molecule has 0 aromatic heterocycles. The summed E-state index contributed by atoms with van der Waals surface area (Å²) in [6.07, 6.45) is 0. The van der Waals surface area contributed by atoms with Gasteiger partial charge in [-0.05, 0) is 46.5 Å². The topological polar surface area (TPSA) is 21.3 Å². The molecule has 1 unspecified atom stereocenters. The van der Waals surface area contributed by atoms with Gasteiger partial charge in [-0.25, -0.2) is 0 Å². The largest absolute Gasteiger partial charge is 0.384 e. The molecule has 0 amide bonds. The number of aryl methyl sites for hydroxylation is 1. The lowest BCUT2D eigenvalue weighted by Gasteiger charge is -2.14. The van der Waals surface area contributed by atoms with E-state index in [4.69, 9.17) is 4.74 Å². The zero-order chi connectivity index (χ0) is 11.3. The fourth-order valence-electron chi connectivity index (χ4n) is 1.40. The lowest BCUT2D eigenvalue weighted by molar-refractivity contribution is 0.164. The highest BCUT2D eigenvalue weighted by atomic mass is 79.9. The van der Waals surface area contributed by atoms with Crippen molar-refractivity contribution >= 4 is 21.6 Å². The van der Waals surface area contributed by atoms with E-state index in [2.05, 4.69) is 53.3 Å². The van der Waals surface area contributed by atoms with Gasteiger partial charge < -0.3 is 10.1 Å². The fourth-order valence-corrected chi connectivity index (χ4v) is 1.79. The molecule has 0 heterocycles. The highest BCUT2D eigenvalue weighted by Crippen LogP contribution is 2.23. The Morgan fingerprint density at radius 2 is 2.20 bits per heavy atom. The number of methoxy groups -OCH3 is 1. The molecule has 3 heteroatoms. The first kappa shape index (κ1) is 12.5. The number of hydrogen-bond donors (Lipinski definition) is 1. The first-order valence-electron chi connectivity index (χ1n) is 5.12. The number of nitrogens with one attached hydrogen (secondary N) is 1. The van der Waals surface area contributed by atoms with E-state index in [1.807, 2.05) is 0 Å². The van der Waals surface area contributed by atoms with Gasteiger partial charge in [0.2, 0.25) is 0 Å². The Bertz CT molecular complexity index is 314. The molecule has 1 aromatic carbocycles. The summed E-state index contributed by atoms with van der Waals surface area (Å²) in [5.74, 6) is 0.516. The third-order valence-corrected chi connectivity index (χ3v) is 2.91. The molecule has 0 aliphatic rings. The van der Waals surface area contributed by atoms with Crippen LogP contribution in [0.1, 0.15) is 12.5 Å². The number of anilines is 1. The van der Waals surface area contributed by atoms with Gasteiger partial charge in [-0.1, -0.05) is 13.0 Å². The molecule has 0 spiro atoms. The summed E-state index contributed by atoms with van der Waals surface area (Å²) in [7, 11) is 1.74. The van der Waals surface area contributed by atoms with Crippen molar-refractivity contribution in [2.75, 3.05) is 25.6 Å². The Morgan fingerprint density at radius 1 is 1.47 bits per heavy atom. The molecule has 0 fully saturated rings. The fraction of sp³-hybridized carbons (Fsp3) is 0.500. The minimum atomic E-state index is 0.516. The third kappa shape index (κ3) is 4.22. The van der Waals surface area contributed by atoms with Crippen LogP contribution in [0.5, 0.6) is 0 Å². The van der Waals surface area contributed by atoms with E-state index in [0.29, 0.717) is 5.92 Å². The highest BCUT2D eigenvalue weighted by molar-refractivity contribution is 9.10. The van der Waals surface area contributed by atoms with Crippen molar-refractivity contribution in [1.82, 2.24) is 0 Å². The molecule has 0 bridgehead atoms. The predicted molar refractivity (Wildman–Crippen MR) is 68.4 cm³/mol. The molecule has 0 saturated heterocycles. The van der Waals surface area contributed by atoms with Crippen LogP contribution in [0.25, 0.3) is 0 Å². The summed E-state index contributed by atoms with van der Waals surface area (Å²) < 4.78 is 6.20. The SMILES string of the molecule is COCC(C)CNc1cc(C)ccc1Br. The number of benzene rings is 1. The molecule has 0 aliphatic heterocycles. The quantitative estimate of drug-likeness (QED) is 0.886. The van der Waals surface area contributed by atoms with E-state index >= 15 is 0 Å². The summed E-state index contributed by atoms with van der Waals surface area (Å²) >= 11 is 3.53. The average Bonchev–Trinajstić information content (AvgIpc) is 2.20. The first-order valence-corrected chi connectivity index (χ1v) is 5.91. The molecule has 0 saturated carbocycles. The van der Waals surface area contributed by atoms with Crippen LogP contribution in [0.4, 0.5) is 5.69 Å². The number of ether oxygens (including phenoxy) is 1. The molecule has 15 heavy (non-hydrogen) atoms. The van der Waals surface area contributed by atoms with E-state index in [1.54, 1.807) is 7.11 Å². The maximum atomic E-state index is 5.09. The maximum Gasteiger partial charge on any atom is 0.0504 e. The number of hydrogen-bond acceptors (Lipinski definition) is 2. The van der Waals surface area contributed by atoms with Crippen LogP contribution < -0.4 is 5.32 Å². The van der Waals surface area contributed by atoms with Crippen LogP contribution in [-0.2, 0) is 4.74 Å². The molecule has 0 radical (unpaired) electrons. The minimum absolute atomic E-state index is 0.516. The molecule has 84 valence electrons. The van der Waals surface area contributed by atoms with Gasteiger partial charge in [0.25, 0.3) is 0 Å². The summed E-state index contributed by atoms with van der Waals surface area (Å²) in [5.41, 5.74) is 2.41. The Kier molecular flexibility index (Phi) is 5.12. The van der Waals surface area contributed by atoms with Crippen LogP contribution in [0.15, 0.2) is 22.7 Å². The van der Waals surface area contributed by atoms with Crippen molar-refractivity contribution in [3.05, 3.63) is 28.2 Å². The monoisotopic (exact) mass is 271 g/mol. The lowest BCUT2D eigenvalue weighted by Crippen LogP contribution is -2.16. The Labute approximate surface area is 100 Å². The summed E-state index contributed by atoms with van der Waals surface area (Å²) in [6, 6.07) is 6.30. The zero-order valence-electron chi connectivity index (χ0n) is 9.51. The predicted octanol–water partition coefficient (Wildman–Crippen LogP) is 3.45. The summed E-state index contributed by atoms with van der Waals surface area (Å²) in [5, 5.41) is 3.41. The van der Waals surface area contributed by atoms with Gasteiger partial charge in [0.15, 0.2) is 0 Å². The van der Waals surface area contributed by atoms with Crippen molar-refractivity contribution in [3.63, 3.8) is 0 Å². The molecule has 1 rings (SSSR count). The Hall–Kier alpha value is -0.540. The normalized spacial score (nSPS) is 12.5. The lowest BCUT2D eigenvalue weighted by atomic mass is 10.2.